The van der Waals surface area contributed by atoms with E-state index in [4.69, 9.17) is 21.1 Å². The summed E-state index contributed by atoms with van der Waals surface area (Å²) < 4.78 is 10.8. The van der Waals surface area contributed by atoms with Crippen LogP contribution < -0.4 is 4.74 Å². The molecule has 0 amide bonds. The maximum atomic E-state index is 6.08. The van der Waals surface area contributed by atoms with Gasteiger partial charge < -0.3 is 9.47 Å². The molecule has 1 heterocycles. The van der Waals surface area contributed by atoms with Gasteiger partial charge in [0.1, 0.15) is 5.75 Å². The van der Waals surface area contributed by atoms with Gasteiger partial charge in [-0.15, -0.1) is 0 Å². The first-order valence-electron chi connectivity index (χ1n) is 5.02. The lowest BCUT2D eigenvalue weighted by Gasteiger charge is -2.27. The standard InChI is InChI=1S/C12H15ClO2/c1-12(2,3)10-5-9(13)4-8-6-14-7-15-11(8)10/h4-5H,6-7H2,1-3H3. The SMILES string of the molecule is CC(C)(C)c1cc(Cl)cc2c1OCOC2. The summed E-state index contributed by atoms with van der Waals surface area (Å²) in [5.41, 5.74) is 2.22. The molecule has 1 aromatic rings. The van der Waals surface area contributed by atoms with Crippen molar-refractivity contribution in [2.24, 2.45) is 0 Å². The van der Waals surface area contributed by atoms with Crippen molar-refractivity contribution in [1.82, 2.24) is 0 Å². The van der Waals surface area contributed by atoms with Crippen molar-refractivity contribution in [3.63, 3.8) is 0 Å². The van der Waals surface area contributed by atoms with Crippen LogP contribution in [0.25, 0.3) is 0 Å². The van der Waals surface area contributed by atoms with Crippen molar-refractivity contribution in [2.75, 3.05) is 6.79 Å². The van der Waals surface area contributed by atoms with Crippen LogP contribution in [0, 0.1) is 0 Å². The topological polar surface area (TPSA) is 18.5 Å². The molecule has 0 N–H and O–H groups in total. The normalized spacial score (nSPS) is 15.7. The first-order valence-corrected chi connectivity index (χ1v) is 5.40. The molecule has 82 valence electrons. The molecule has 1 aliphatic rings. The highest BCUT2D eigenvalue weighted by Gasteiger charge is 2.24. The van der Waals surface area contributed by atoms with E-state index in [0.717, 1.165) is 21.9 Å². The second-order valence-corrected chi connectivity index (χ2v) is 5.24. The molecule has 0 aromatic heterocycles. The Balaban J connectivity index is 2.58. The van der Waals surface area contributed by atoms with Crippen molar-refractivity contribution in [3.05, 3.63) is 28.3 Å². The van der Waals surface area contributed by atoms with Gasteiger partial charge in [-0.05, 0) is 17.5 Å². The van der Waals surface area contributed by atoms with Crippen LogP contribution >= 0.6 is 11.6 Å². The van der Waals surface area contributed by atoms with E-state index < -0.39 is 0 Å². The Kier molecular flexibility index (Phi) is 2.65. The third kappa shape index (κ3) is 2.11. The summed E-state index contributed by atoms with van der Waals surface area (Å²) in [7, 11) is 0. The molecule has 0 saturated heterocycles. The van der Waals surface area contributed by atoms with E-state index in [2.05, 4.69) is 20.8 Å². The highest BCUT2D eigenvalue weighted by Crippen LogP contribution is 2.38. The molecule has 0 radical (unpaired) electrons. The lowest BCUT2D eigenvalue weighted by molar-refractivity contribution is -0.0175. The van der Waals surface area contributed by atoms with Crippen molar-refractivity contribution in [2.45, 2.75) is 32.8 Å². The minimum absolute atomic E-state index is 0.0341. The van der Waals surface area contributed by atoms with Crippen LogP contribution in [0.15, 0.2) is 12.1 Å². The predicted molar refractivity (Wildman–Crippen MR) is 60.4 cm³/mol. The summed E-state index contributed by atoms with van der Waals surface area (Å²) in [6, 6.07) is 3.89. The fourth-order valence-electron chi connectivity index (χ4n) is 1.74. The van der Waals surface area contributed by atoms with Crippen LogP contribution in [0.1, 0.15) is 31.9 Å². The minimum atomic E-state index is 0.0341. The van der Waals surface area contributed by atoms with Gasteiger partial charge in [0.2, 0.25) is 0 Å². The highest BCUT2D eigenvalue weighted by atomic mass is 35.5. The van der Waals surface area contributed by atoms with E-state index in [1.807, 2.05) is 12.1 Å². The molecule has 0 bridgehead atoms. The zero-order valence-corrected chi connectivity index (χ0v) is 10.0. The smallest absolute Gasteiger partial charge is 0.189 e. The third-order valence-electron chi connectivity index (χ3n) is 2.48. The lowest BCUT2D eigenvalue weighted by Crippen LogP contribution is -2.19. The third-order valence-corrected chi connectivity index (χ3v) is 2.70. The molecule has 2 nitrogen and oxygen atoms in total. The highest BCUT2D eigenvalue weighted by molar-refractivity contribution is 6.30. The number of fused-ring (bicyclic) bond motifs is 1. The van der Waals surface area contributed by atoms with E-state index >= 15 is 0 Å². The van der Waals surface area contributed by atoms with Crippen molar-refractivity contribution < 1.29 is 9.47 Å². The van der Waals surface area contributed by atoms with Gasteiger partial charge in [0.05, 0.1) is 6.61 Å². The van der Waals surface area contributed by atoms with Gasteiger partial charge in [0.25, 0.3) is 0 Å². The van der Waals surface area contributed by atoms with Gasteiger partial charge in [-0.3, -0.25) is 0 Å². The molecule has 15 heavy (non-hydrogen) atoms. The molecule has 0 saturated carbocycles. The fourth-order valence-corrected chi connectivity index (χ4v) is 1.98. The van der Waals surface area contributed by atoms with Crippen LogP contribution in [0.4, 0.5) is 0 Å². The molecule has 1 aliphatic heterocycles. The van der Waals surface area contributed by atoms with Crippen molar-refractivity contribution >= 4 is 11.6 Å². The maximum absolute atomic E-state index is 6.08. The number of benzene rings is 1. The van der Waals surface area contributed by atoms with E-state index in [1.54, 1.807) is 0 Å². The molecular weight excluding hydrogens is 212 g/mol. The van der Waals surface area contributed by atoms with Crippen molar-refractivity contribution in [1.29, 1.82) is 0 Å². The van der Waals surface area contributed by atoms with Crippen LogP contribution in [-0.4, -0.2) is 6.79 Å². The molecule has 0 fully saturated rings. The Labute approximate surface area is 95.1 Å². The molecule has 0 unspecified atom stereocenters. The van der Waals surface area contributed by atoms with Crippen molar-refractivity contribution in [3.8, 4) is 5.75 Å². The first-order chi connectivity index (χ1) is 6.98. The van der Waals surface area contributed by atoms with Gasteiger partial charge in [0, 0.05) is 16.1 Å². The summed E-state index contributed by atoms with van der Waals surface area (Å²) in [4.78, 5) is 0. The van der Waals surface area contributed by atoms with E-state index in [9.17, 15) is 0 Å². The first kappa shape index (κ1) is 10.8. The van der Waals surface area contributed by atoms with E-state index in [0.29, 0.717) is 13.4 Å². The predicted octanol–water partition coefficient (Wildman–Crippen LogP) is 3.50. The maximum Gasteiger partial charge on any atom is 0.189 e. The Bertz CT molecular complexity index is 380. The Morgan fingerprint density at radius 1 is 1.27 bits per heavy atom. The Hall–Kier alpha value is -0.730. The zero-order chi connectivity index (χ0) is 11.1. The number of rotatable bonds is 0. The van der Waals surface area contributed by atoms with Gasteiger partial charge >= 0.3 is 0 Å². The Morgan fingerprint density at radius 2 is 2.00 bits per heavy atom. The molecule has 0 atom stereocenters. The quantitative estimate of drug-likeness (QED) is 0.674. The monoisotopic (exact) mass is 226 g/mol. The summed E-state index contributed by atoms with van der Waals surface area (Å²) in [6.07, 6.45) is 0. The summed E-state index contributed by atoms with van der Waals surface area (Å²) >= 11 is 6.08. The van der Waals surface area contributed by atoms with Gasteiger partial charge in [-0.2, -0.15) is 0 Å². The van der Waals surface area contributed by atoms with Crippen LogP contribution in [0.2, 0.25) is 5.02 Å². The minimum Gasteiger partial charge on any atom is -0.467 e. The number of hydrogen-bond acceptors (Lipinski definition) is 2. The van der Waals surface area contributed by atoms with Gasteiger partial charge in [0.15, 0.2) is 6.79 Å². The second kappa shape index (κ2) is 3.69. The lowest BCUT2D eigenvalue weighted by atomic mass is 9.85. The average Bonchev–Trinajstić information content (AvgIpc) is 2.15. The van der Waals surface area contributed by atoms with Gasteiger partial charge in [-0.25, -0.2) is 0 Å². The summed E-state index contributed by atoms with van der Waals surface area (Å²) in [5.74, 6) is 0.943. The molecular formula is C12H15ClO2. The Morgan fingerprint density at radius 3 is 2.67 bits per heavy atom. The van der Waals surface area contributed by atoms with Gasteiger partial charge in [-0.1, -0.05) is 32.4 Å². The molecule has 2 rings (SSSR count). The molecule has 0 spiro atoms. The fraction of sp³-hybridized carbons (Fsp3) is 0.500. The largest absolute Gasteiger partial charge is 0.467 e. The van der Waals surface area contributed by atoms with E-state index in [1.165, 1.54) is 0 Å². The second-order valence-electron chi connectivity index (χ2n) is 4.80. The summed E-state index contributed by atoms with van der Waals surface area (Å²) in [5, 5.41) is 0.743. The number of halogens is 1. The molecule has 1 aromatic carbocycles. The molecule has 3 heteroatoms. The van der Waals surface area contributed by atoms with E-state index in [-0.39, 0.29) is 5.41 Å². The van der Waals surface area contributed by atoms with Crippen LogP contribution in [0.5, 0.6) is 5.75 Å². The summed E-state index contributed by atoms with van der Waals surface area (Å²) in [6.45, 7) is 7.37. The number of ether oxygens (including phenoxy) is 2. The zero-order valence-electron chi connectivity index (χ0n) is 9.26. The number of hydrogen-bond donors (Lipinski definition) is 0. The average molecular weight is 227 g/mol. The van der Waals surface area contributed by atoms with Crippen LogP contribution in [0.3, 0.4) is 0 Å². The molecule has 0 aliphatic carbocycles. The van der Waals surface area contributed by atoms with Crippen LogP contribution in [-0.2, 0) is 16.8 Å².